The summed E-state index contributed by atoms with van der Waals surface area (Å²) in [5.41, 5.74) is 3.66. The van der Waals surface area contributed by atoms with Crippen LogP contribution in [0.15, 0.2) is 47.5 Å². The zero-order chi connectivity index (χ0) is 19.2. The summed E-state index contributed by atoms with van der Waals surface area (Å²) < 4.78 is 10.6. The quantitative estimate of drug-likeness (QED) is 0.606. The topological polar surface area (TPSA) is 58.1 Å². The molecule has 0 saturated heterocycles. The number of rotatable bonds is 6. The maximum Gasteiger partial charge on any atom is 0.195 e. The summed E-state index contributed by atoms with van der Waals surface area (Å²) in [6, 6.07) is 14.7. The molecule has 0 bridgehead atoms. The van der Waals surface area contributed by atoms with E-state index in [2.05, 4.69) is 51.7 Å². The molecule has 6 nitrogen and oxygen atoms in total. The fraction of sp³-hybridized carbons (Fsp3) is 0.381. The van der Waals surface area contributed by atoms with E-state index in [9.17, 15) is 0 Å². The monoisotopic (exact) mass is 368 g/mol. The van der Waals surface area contributed by atoms with Crippen LogP contribution >= 0.6 is 0 Å². The average molecular weight is 368 g/mol. The highest BCUT2D eigenvalue weighted by molar-refractivity contribution is 5.93. The molecule has 144 valence electrons. The highest BCUT2D eigenvalue weighted by atomic mass is 16.5. The second kappa shape index (κ2) is 8.66. The second-order valence-corrected chi connectivity index (χ2v) is 6.57. The van der Waals surface area contributed by atoms with Crippen molar-refractivity contribution in [2.45, 2.75) is 19.4 Å². The summed E-state index contributed by atoms with van der Waals surface area (Å²) in [5, 5.41) is 6.72. The van der Waals surface area contributed by atoms with Gasteiger partial charge in [0.05, 0.1) is 14.2 Å². The Morgan fingerprint density at radius 3 is 2.67 bits per heavy atom. The lowest BCUT2D eigenvalue weighted by molar-refractivity contribution is 0.355. The zero-order valence-corrected chi connectivity index (χ0v) is 16.5. The molecule has 1 aliphatic rings. The first kappa shape index (κ1) is 18.9. The lowest BCUT2D eigenvalue weighted by Gasteiger charge is -2.28. The number of nitrogens with one attached hydrogen (secondary N) is 2. The number of hydrogen-bond acceptors (Lipinski definition) is 4. The van der Waals surface area contributed by atoms with Gasteiger partial charge in [0, 0.05) is 43.6 Å². The maximum absolute atomic E-state index is 5.36. The predicted molar refractivity (Wildman–Crippen MR) is 111 cm³/mol. The zero-order valence-electron chi connectivity index (χ0n) is 16.5. The van der Waals surface area contributed by atoms with Gasteiger partial charge in [-0.2, -0.15) is 0 Å². The number of anilines is 2. The summed E-state index contributed by atoms with van der Waals surface area (Å²) in [5.74, 6) is 2.11. The molecular formula is C21H28N4O2. The molecule has 0 aromatic heterocycles. The fourth-order valence-corrected chi connectivity index (χ4v) is 3.41. The van der Waals surface area contributed by atoms with E-state index in [1.54, 1.807) is 21.3 Å². The number of methoxy groups -OCH3 is 2. The van der Waals surface area contributed by atoms with Gasteiger partial charge in [0.25, 0.3) is 0 Å². The molecule has 2 N–H and O–H groups in total. The number of nitrogens with zero attached hydrogens (tertiary/aromatic N) is 2. The molecule has 0 aliphatic carbocycles. The third kappa shape index (κ3) is 4.27. The fourth-order valence-electron chi connectivity index (χ4n) is 3.41. The summed E-state index contributed by atoms with van der Waals surface area (Å²) in [4.78, 5) is 6.78. The second-order valence-electron chi connectivity index (χ2n) is 6.57. The van der Waals surface area contributed by atoms with Crippen LogP contribution in [0.3, 0.4) is 0 Å². The predicted octanol–water partition coefficient (Wildman–Crippen LogP) is 3.14. The van der Waals surface area contributed by atoms with Crippen molar-refractivity contribution in [1.29, 1.82) is 0 Å². The van der Waals surface area contributed by atoms with Gasteiger partial charge in [-0.05, 0) is 37.1 Å². The molecule has 1 aliphatic heterocycles. The van der Waals surface area contributed by atoms with Gasteiger partial charge in [-0.25, -0.2) is 0 Å². The number of benzene rings is 2. The van der Waals surface area contributed by atoms with Gasteiger partial charge < -0.3 is 25.0 Å². The van der Waals surface area contributed by atoms with Gasteiger partial charge in [-0.15, -0.1) is 0 Å². The van der Waals surface area contributed by atoms with Crippen LogP contribution in [0.25, 0.3) is 0 Å². The van der Waals surface area contributed by atoms with E-state index in [4.69, 9.17) is 9.47 Å². The van der Waals surface area contributed by atoms with E-state index in [0.29, 0.717) is 17.5 Å². The molecule has 0 radical (unpaired) electrons. The SMILES string of the molecule is CN=C(NCC(C)N1CCc2ccccc21)Nc1ccc(OC)c(OC)c1. The summed E-state index contributed by atoms with van der Waals surface area (Å²) >= 11 is 0. The number of para-hydroxylation sites is 1. The summed E-state index contributed by atoms with van der Waals surface area (Å²) in [7, 11) is 5.03. The lowest BCUT2D eigenvalue weighted by Crippen LogP contribution is -2.43. The molecule has 1 heterocycles. The normalized spacial score (nSPS) is 14.5. The highest BCUT2D eigenvalue weighted by Gasteiger charge is 2.22. The van der Waals surface area contributed by atoms with Gasteiger partial charge in [0.15, 0.2) is 17.5 Å². The van der Waals surface area contributed by atoms with E-state index in [-0.39, 0.29) is 0 Å². The minimum absolute atomic E-state index is 0.359. The van der Waals surface area contributed by atoms with Gasteiger partial charge in [0.1, 0.15) is 0 Å². The maximum atomic E-state index is 5.36. The van der Waals surface area contributed by atoms with Crippen molar-refractivity contribution in [2.75, 3.05) is 44.6 Å². The first-order valence-corrected chi connectivity index (χ1v) is 9.20. The van der Waals surface area contributed by atoms with Gasteiger partial charge >= 0.3 is 0 Å². The van der Waals surface area contributed by atoms with E-state index < -0.39 is 0 Å². The Labute approximate surface area is 161 Å². The van der Waals surface area contributed by atoms with E-state index >= 15 is 0 Å². The van der Waals surface area contributed by atoms with Crippen LogP contribution in [0, 0.1) is 0 Å². The average Bonchev–Trinajstić information content (AvgIpc) is 3.14. The molecule has 6 heteroatoms. The standard InChI is InChI=1S/C21H28N4O2/c1-15(25-12-11-16-7-5-6-8-18(16)25)14-23-21(22-2)24-17-9-10-19(26-3)20(13-17)27-4/h5-10,13,15H,11-12,14H2,1-4H3,(H2,22,23,24). The third-order valence-corrected chi connectivity index (χ3v) is 4.89. The van der Waals surface area contributed by atoms with Crippen molar-refractivity contribution in [1.82, 2.24) is 5.32 Å². The largest absolute Gasteiger partial charge is 0.493 e. The minimum atomic E-state index is 0.359. The summed E-state index contributed by atoms with van der Waals surface area (Å²) in [6.45, 7) is 4.09. The van der Waals surface area contributed by atoms with Gasteiger partial charge in [-0.1, -0.05) is 18.2 Å². The van der Waals surface area contributed by atoms with E-state index in [1.165, 1.54) is 11.3 Å². The molecule has 1 atom stereocenters. The van der Waals surface area contributed by atoms with Crippen molar-refractivity contribution >= 4 is 17.3 Å². The van der Waals surface area contributed by atoms with Gasteiger partial charge in [-0.3, -0.25) is 4.99 Å². The number of aliphatic imine (C=N–C) groups is 1. The number of ether oxygens (including phenoxy) is 2. The van der Waals surface area contributed by atoms with Crippen molar-refractivity contribution in [3.05, 3.63) is 48.0 Å². The third-order valence-electron chi connectivity index (χ3n) is 4.89. The molecule has 2 aromatic rings. The highest BCUT2D eigenvalue weighted by Crippen LogP contribution is 2.30. The first-order chi connectivity index (χ1) is 13.2. The van der Waals surface area contributed by atoms with Crippen LogP contribution in [0.4, 0.5) is 11.4 Å². The van der Waals surface area contributed by atoms with Crippen molar-refractivity contribution in [3.63, 3.8) is 0 Å². The van der Waals surface area contributed by atoms with Crippen LogP contribution in [0.2, 0.25) is 0 Å². The van der Waals surface area contributed by atoms with Crippen molar-refractivity contribution in [2.24, 2.45) is 4.99 Å². The van der Waals surface area contributed by atoms with Crippen LogP contribution in [-0.2, 0) is 6.42 Å². The summed E-state index contributed by atoms with van der Waals surface area (Å²) in [6.07, 6.45) is 1.11. The molecule has 2 aromatic carbocycles. The van der Waals surface area contributed by atoms with Crippen LogP contribution in [0.1, 0.15) is 12.5 Å². The Balaban J connectivity index is 1.60. The lowest BCUT2D eigenvalue weighted by atomic mass is 10.2. The Morgan fingerprint density at radius 2 is 1.93 bits per heavy atom. The Hall–Kier alpha value is -2.89. The molecular weight excluding hydrogens is 340 g/mol. The number of fused-ring (bicyclic) bond motifs is 1. The van der Waals surface area contributed by atoms with Crippen LogP contribution in [0.5, 0.6) is 11.5 Å². The smallest absolute Gasteiger partial charge is 0.195 e. The molecule has 3 rings (SSSR count). The minimum Gasteiger partial charge on any atom is -0.493 e. The molecule has 0 spiro atoms. The van der Waals surface area contributed by atoms with Crippen molar-refractivity contribution in [3.8, 4) is 11.5 Å². The molecule has 0 fully saturated rings. The Bertz CT molecular complexity index is 807. The molecule has 0 amide bonds. The number of hydrogen-bond donors (Lipinski definition) is 2. The molecule has 27 heavy (non-hydrogen) atoms. The number of guanidine groups is 1. The van der Waals surface area contributed by atoms with E-state index in [0.717, 1.165) is 31.2 Å². The van der Waals surface area contributed by atoms with Crippen LogP contribution < -0.4 is 25.0 Å². The molecule has 1 unspecified atom stereocenters. The Kier molecular flexibility index (Phi) is 6.06. The van der Waals surface area contributed by atoms with Crippen LogP contribution in [-0.4, -0.2) is 46.4 Å². The van der Waals surface area contributed by atoms with E-state index in [1.807, 2.05) is 18.2 Å². The first-order valence-electron chi connectivity index (χ1n) is 9.20. The van der Waals surface area contributed by atoms with Crippen molar-refractivity contribution < 1.29 is 9.47 Å². The molecule has 0 saturated carbocycles. The van der Waals surface area contributed by atoms with Gasteiger partial charge in [0.2, 0.25) is 0 Å². The Morgan fingerprint density at radius 1 is 1.15 bits per heavy atom.